The van der Waals surface area contributed by atoms with E-state index in [-0.39, 0.29) is 32.6 Å². The minimum Gasteiger partial charge on any atom is -0.378 e. The van der Waals surface area contributed by atoms with Crippen molar-refractivity contribution in [1.82, 2.24) is 4.90 Å². The van der Waals surface area contributed by atoms with Crippen molar-refractivity contribution in [2.75, 3.05) is 42.0 Å². The normalized spacial score (nSPS) is 14.6. The van der Waals surface area contributed by atoms with E-state index < -0.39 is 31.8 Å². The lowest BCUT2D eigenvalue weighted by Gasteiger charge is -2.27. The molecule has 0 aromatic heterocycles. The van der Waals surface area contributed by atoms with Crippen LogP contribution in [0.2, 0.25) is 0 Å². The predicted molar refractivity (Wildman–Crippen MR) is 144 cm³/mol. The Morgan fingerprint density at radius 1 is 0.850 bits per heavy atom. The van der Waals surface area contributed by atoms with Crippen LogP contribution in [0.5, 0.6) is 0 Å². The molecule has 0 bridgehead atoms. The molecule has 0 unspecified atom stereocenters. The summed E-state index contributed by atoms with van der Waals surface area (Å²) in [6, 6.07) is 12.6. The van der Waals surface area contributed by atoms with Gasteiger partial charge in [0.15, 0.2) is 0 Å². The van der Waals surface area contributed by atoms with E-state index in [1.807, 2.05) is 0 Å². The number of nitrogens with zero attached hydrogens (tertiary/aromatic N) is 1. The van der Waals surface area contributed by atoms with E-state index in [2.05, 4.69) is 9.44 Å². The quantitative estimate of drug-likeness (QED) is 0.358. The van der Waals surface area contributed by atoms with Gasteiger partial charge in [0, 0.05) is 29.4 Å². The maximum absolute atomic E-state index is 13.1. The molecule has 3 aromatic carbocycles. The second-order valence-electron chi connectivity index (χ2n) is 8.58. The first-order valence-electron chi connectivity index (χ1n) is 11.7. The van der Waals surface area contributed by atoms with Gasteiger partial charge in [0.05, 0.1) is 34.1 Å². The van der Waals surface area contributed by atoms with Crippen LogP contribution in [-0.4, -0.2) is 60.2 Å². The average Bonchev–Trinajstić information content (AvgIpc) is 2.92. The van der Waals surface area contributed by atoms with Crippen LogP contribution in [0.1, 0.15) is 15.9 Å². The van der Waals surface area contributed by atoms with E-state index in [0.29, 0.717) is 37.3 Å². The molecule has 0 atom stereocenters. The van der Waals surface area contributed by atoms with Gasteiger partial charge in [-0.05, 0) is 66.9 Å². The SMILES string of the molecule is CSc1ccc(S(=O)(=O)Nc2ccc(S(=O)(=O)Nc3cccc(C(F)(F)F)c3)cc2)cc1C(=O)N1CCOCC1. The molecule has 2 N–H and O–H groups in total. The average molecular weight is 616 g/mol. The fraction of sp³-hybridized carbons (Fsp3) is 0.240. The summed E-state index contributed by atoms with van der Waals surface area (Å²) in [4.78, 5) is 14.8. The van der Waals surface area contributed by atoms with Gasteiger partial charge in [0.25, 0.3) is 26.0 Å². The number of carbonyl (C=O) groups is 1. The molecule has 3 aromatic rings. The van der Waals surface area contributed by atoms with Crippen LogP contribution in [0.15, 0.2) is 81.4 Å². The molecule has 15 heteroatoms. The van der Waals surface area contributed by atoms with Crippen molar-refractivity contribution in [2.45, 2.75) is 20.9 Å². The number of carbonyl (C=O) groups excluding carboxylic acids is 1. The molecule has 1 heterocycles. The predicted octanol–water partition coefficient (Wildman–Crippen LogP) is 4.50. The first kappa shape index (κ1) is 29.7. The Labute approximate surface area is 233 Å². The van der Waals surface area contributed by atoms with Crippen molar-refractivity contribution in [1.29, 1.82) is 0 Å². The Bertz CT molecular complexity index is 1610. The summed E-state index contributed by atoms with van der Waals surface area (Å²) in [5.41, 5.74) is -1.03. The van der Waals surface area contributed by atoms with Crippen molar-refractivity contribution in [3.63, 3.8) is 0 Å². The molecule has 0 saturated carbocycles. The summed E-state index contributed by atoms with van der Waals surface area (Å²) < 4.78 is 100. The maximum Gasteiger partial charge on any atom is 0.416 e. The van der Waals surface area contributed by atoms with Gasteiger partial charge in [-0.1, -0.05) is 6.07 Å². The number of thioether (sulfide) groups is 1. The lowest BCUT2D eigenvalue weighted by Crippen LogP contribution is -2.40. The third kappa shape index (κ3) is 6.89. The minimum absolute atomic E-state index is 0.0352. The highest BCUT2D eigenvalue weighted by Crippen LogP contribution is 2.31. The van der Waals surface area contributed by atoms with Crippen LogP contribution >= 0.6 is 11.8 Å². The van der Waals surface area contributed by atoms with Crippen LogP contribution in [0.25, 0.3) is 0 Å². The molecule has 1 saturated heterocycles. The zero-order valence-electron chi connectivity index (χ0n) is 20.9. The number of nitrogens with one attached hydrogen (secondary N) is 2. The van der Waals surface area contributed by atoms with Crippen LogP contribution in [0.4, 0.5) is 24.5 Å². The minimum atomic E-state index is -4.65. The fourth-order valence-electron chi connectivity index (χ4n) is 3.85. The molecular formula is C25H24F3N3O6S3. The third-order valence-electron chi connectivity index (χ3n) is 5.87. The Kier molecular flexibility index (Phi) is 8.68. The van der Waals surface area contributed by atoms with Crippen LogP contribution in [-0.2, 0) is 31.0 Å². The highest BCUT2D eigenvalue weighted by molar-refractivity contribution is 7.98. The number of halogens is 3. The number of sulfonamides is 2. The zero-order chi connectivity index (χ0) is 29.1. The monoisotopic (exact) mass is 615 g/mol. The summed E-state index contributed by atoms with van der Waals surface area (Å²) in [5.74, 6) is -0.312. The second-order valence-corrected chi connectivity index (χ2v) is 12.8. The molecule has 1 amide bonds. The topological polar surface area (TPSA) is 122 Å². The summed E-state index contributed by atoms with van der Waals surface area (Å²) in [6.45, 7) is 1.56. The molecule has 1 fully saturated rings. The summed E-state index contributed by atoms with van der Waals surface area (Å²) >= 11 is 1.30. The molecule has 0 spiro atoms. The van der Waals surface area contributed by atoms with Crippen molar-refractivity contribution in [2.24, 2.45) is 0 Å². The Morgan fingerprint density at radius 3 is 2.08 bits per heavy atom. The lowest BCUT2D eigenvalue weighted by molar-refractivity contribution is -0.137. The van der Waals surface area contributed by atoms with Crippen LogP contribution < -0.4 is 9.44 Å². The molecule has 214 valence electrons. The number of morpholine rings is 1. The zero-order valence-corrected chi connectivity index (χ0v) is 23.4. The van der Waals surface area contributed by atoms with Gasteiger partial charge in [0.2, 0.25) is 0 Å². The molecule has 4 rings (SSSR count). The fourth-order valence-corrected chi connectivity index (χ4v) is 6.55. The number of rotatable bonds is 8. The van der Waals surface area contributed by atoms with Gasteiger partial charge in [-0.25, -0.2) is 16.8 Å². The van der Waals surface area contributed by atoms with Gasteiger partial charge in [-0.3, -0.25) is 14.2 Å². The van der Waals surface area contributed by atoms with Crippen LogP contribution in [0, 0.1) is 0 Å². The highest BCUT2D eigenvalue weighted by atomic mass is 32.2. The van der Waals surface area contributed by atoms with Crippen molar-refractivity contribution in [3.8, 4) is 0 Å². The van der Waals surface area contributed by atoms with E-state index in [0.717, 1.165) is 24.3 Å². The van der Waals surface area contributed by atoms with Crippen LogP contribution in [0.3, 0.4) is 0 Å². The molecule has 1 aliphatic heterocycles. The van der Waals surface area contributed by atoms with Crippen molar-refractivity contribution in [3.05, 3.63) is 77.9 Å². The number of amides is 1. The molecule has 9 nitrogen and oxygen atoms in total. The van der Waals surface area contributed by atoms with E-state index in [1.54, 1.807) is 17.2 Å². The number of anilines is 2. The highest BCUT2D eigenvalue weighted by Gasteiger charge is 2.31. The van der Waals surface area contributed by atoms with Gasteiger partial charge in [-0.15, -0.1) is 11.8 Å². The number of hydrogen-bond donors (Lipinski definition) is 2. The largest absolute Gasteiger partial charge is 0.416 e. The summed E-state index contributed by atoms with van der Waals surface area (Å²) in [6.07, 6.45) is -2.87. The van der Waals surface area contributed by atoms with Crippen molar-refractivity contribution < 1.29 is 39.5 Å². The number of ether oxygens (including phenoxy) is 1. The molecule has 1 aliphatic rings. The Balaban J connectivity index is 1.52. The van der Waals surface area contributed by atoms with E-state index >= 15 is 0 Å². The van der Waals surface area contributed by atoms with E-state index in [9.17, 15) is 34.8 Å². The standard InChI is InChI=1S/C25H24F3N3O6S3/c1-38-23-10-9-21(16-22(23)24(32)31-11-13-37-14-12-31)40(35,36)29-18-5-7-20(8-6-18)39(33,34)30-19-4-2-3-17(15-19)25(26,27)28/h2-10,15-16,29-30H,11-14H2,1H3. The number of alkyl halides is 3. The molecule has 0 aliphatic carbocycles. The van der Waals surface area contributed by atoms with Crippen molar-refractivity contribution >= 4 is 49.1 Å². The van der Waals surface area contributed by atoms with Gasteiger partial charge in [-0.2, -0.15) is 13.2 Å². The summed E-state index contributed by atoms with van der Waals surface area (Å²) in [7, 11) is -8.44. The van der Waals surface area contributed by atoms with E-state index in [4.69, 9.17) is 4.74 Å². The Hall–Kier alpha value is -3.27. The first-order valence-corrected chi connectivity index (χ1v) is 15.9. The molecular weight excluding hydrogens is 591 g/mol. The maximum atomic E-state index is 13.1. The van der Waals surface area contributed by atoms with E-state index in [1.165, 1.54) is 42.1 Å². The Morgan fingerprint density at radius 2 is 1.45 bits per heavy atom. The second kappa shape index (κ2) is 11.7. The van der Waals surface area contributed by atoms with Gasteiger partial charge in [0.1, 0.15) is 0 Å². The summed E-state index contributed by atoms with van der Waals surface area (Å²) in [5, 5.41) is 0. The first-order chi connectivity index (χ1) is 18.8. The lowest BCUT2D eigenvalue weighted by atomic mass is 10.2. The third-order valence-corrected chi connectivity index (χ3v) is 9.44. The molecule has 40 heavy (non-hydrogen) atoms. The number of benzene rings is 3. The smallest absolute Gasteiger partial charge is 0.378 e. The van der Waals surface area contributed by atoms with Gasteiger partial charge < -0.3 is 9.64 Å². The van der Waals surface area contributed by atoms with Gasteiger partial charge >= 0.3 is 6.18 Å². The molecule has 0 radical (unpaired) electrons. The number of hydrogen-bond acceptors (Lipinski definition) is 7.